The summed E-state index contributed by atoms with van der Waals surface area (Å²) in [6.07, 6.45) is 1.67. The minimum atomic E-state index is -4.39. The summed E-state index contributed by atoms with van der Waals surface area (Å²) in [5.41, 5.74) is 0.659. The Balaban J connectivity index is 1.52. The van der Waals surface area contributed by atoms with E-state index in [0.717, 1.165) is 6.07 Å². The van der Waals surface area contributed by atoms with Gasteiger partial charge in [-0.1, -0.05) is 25.1 Å². The minimum Gasteiger partial charge on any atom is -0.472 e. The van der Waals surface area contributed by atoms with Crippen LogP contribution in [0.2, 0.25) is 0 Å². The first-order valence-corrected chi connectivity index (χ1v) is 13.7. The highest BCUT2D eigenvalue weighted by atomic mass is 32.2. The highest BCUT2D eigenvalue weighted by Gasteiger charge is 2.36. The third-order valence-electron chi connectivity index (χ3n) is 6.78. The molecular weight excluding hydrogens is 519 g/mol. The van der Waals surface area contributed by atoms with Gasteiger partial charge >= 0.3 is 6.18 Å². The molecule has 2 aromatic heterocycles. The van der Waals surface area contributed by atoms with E-state index in [1.54, 1.807) is 6.07 Å². The lowest BCUT2D eigenvalue weighted by Crippen LogP contribution is -2.46. The van der Waals surface area contributed by atoms with E-state index < -0.39 is 21.8 Å². The van der Waals surface area contributed by atoms with Crippen molar-refractivity contribution < 1.29 is 26.3 Å². The molecule has 3 atom stereocenters. The van der Waals surface area contributed by atoms with Crippen LogP contribution >= 0.6 is 0 Å². The Morgan fingerprint density at radius 2 is 1.92 bits per heavy atom. The molecule has 1 saturated carbocycles. The first kappa shape index (κ1) is 27.8. The molecule has 0 bridgehead atoms. The van der Waals surface area contributed by atoms with Crippen LogP contribution in [0.1, 0.15) is 48.8 Å². The lowest BCUT2D eigenvalue weighted by Gasteiger charge is -2.40. The molecule has 0 unspecified atom stereocenters. The van der Waals surface area contributed by atoms with Crippen LogP contribution in [0.3, 0.4) is 0 Å². The minimum absolute atomic E-state index is 0.0160. The lowest BCUT2D eigenvalue weighted by atomic mass is 9.79. The summed E-state index contributed by atoms with van der Waals surface area (Å²) in [6.45, 7) is 1.88. The molecule has 1 fully saturated rings. The molecule has 3 aromatic rings. The molecule has 204 valence electrons. The van der Waals surface area contributed by atoms with Gasteiger partial charge in [-0.05, 0) is 69.5 Å². The highest BCUT2D eigenvalue weighted by Crippen LogP contribution is 2.39. The smallest absolute Gasteiger partial charge is 0.416 e. The molecule has 0 aliphatic heterocycles. The van der Waals surface area contributed by atoms with Crippen LogP contribution in [0.25, 0.3) is 0 Å². The first-order valence-electron chi connectivity index (χ1n) is 12.3. The van der Waals surface area contributed by atoms with E-state index in [4.69, 9.17) is 4.74 Å². The molecule has 1 aliphatic rings. The van der Waals surface area contributed by atoms with E-state index in [1.807, 2.05) is 25.9 Å². The highest BCUT2D eigenvalue weighted by molar-refractivity contribution is 7.92. The normalized spacial score (nSPS) is 20.3. The fourth-order valence-corrected chi connectivity index (χ4v) is 5.75. The van der Waals surface area contributed by atoms with Gasteiger partial charge in [-0.2, -0.15) is 13.2 Å². The monoisotopic (exact) mass is 549 g/mol. The molecular formula is C26H30F3N5O3S. The van der Waals surface area contributed by atoms with Crippen molar-refractivity contribution in [1.29, 1.82) is 0 Å². The summed E-state index contributed by atoms with van der Waals surface area (Å²) >= 11 is 0. The number of rotatable bonds is 8. The topological polar surface area (TPSA) is 97.3 Å². The zero-order valence-electron chi connectivity index (χ0n) is 21.3. The largest absolute Gasteiger partial charge is 0.472 e. The predicted molar refractivity (Wildman–Crippen MR) is 136 cm³/mol. The molecule has 0 radical (unpaired) electrons. The van der Waals surface area contributed by atoms with Crippen LogP contribution in [0.4, 0.5) is 19.0 Å². The Morgan fingerprint density at radius 1 is 1.13 bits per heavy atom. The van der Waals surface area contributed by atoms with Gasteiger partial charge in [-0.25, -0.2) is 23.4 Å². The quantitative estimate of drug-likeness (QED) is 0.427. The third kappa shape index (κ3) is 6.41. The molecule has 0 spiro atoms. The van der Waals surface area contributed by atoms with E-state index in [1.165, 1.54) is 43.0 Å². The van der Waals surface area contributed by atoms with Gasteiger partial charge in [0.15, 0.2) is 0 Å². The summed E-state index contributed by atoms with van der Waals surface area (Å²) in [4.78, 5) is 14.0. The Morgan fingerprint density at radius 3 is 2.58 bits per heavy atom. The summed E-state index contributed by atoms with van der Waals surface area (Å²) < 4.78 is 74.1. The van der Waals surface area contributed by atoms with E-state index in [9.17, 15) is 21.6 Å². The van der Waals surface area contributed by atoms with Gasteiger partial charge in [0, 0.05) is 17.8 Å². The molecule has 1 aromatic carbocycles. The molecule has 2 heterocycles. The fourth-order valence-electron chi connectivity index (χ4n) is 4.74. The van der Waals surface area contributed by atoms with Crippen LogP contribution in [-0.2, 0) is 22.6 Å². The Bertz CT molecular complexity index is 1350. The molecule has 38 heavy (non-hydrogen) atoms. The number of anilines is 1. The van der Waals surface area contributed by atoms with Crippen LogP contribution in [0, 0.1) is 0 Å². The van der Waals surface area contributed by atoms with Crippen molar-refractivity contribution in [3.63, 3.8) is 0 Å². The lowest BCUT2D eigenvalue weighted by molar-refractivity contribution is -0.137. The Hall–Kier alpha value is -3.25. The third-order valence-corrected chi connectivity index (χ3v) is 8.10. The van der Waals surface area contributed by atoms with Gasteiger partial charge in [0.2, 0.25) is 5.88 Å². The van der Waals surface area contributed by atoms with Crippen molar-refractivity contribution >= 4 is 15.8 Å². The van der Waals surface area contributed by atoms with E-state index in [0.29, 0.717) is 42.7 Å². The summed E-state index contributed by atoms with van der Waals surface area (Å²) in [5, 5.41) is 0. The van der Waals surface area contributed by atoms with Crippen LogP contribution in [-0.4, -0.2) is 54.5 Å². The number of aromatic nitrogens is 3. The summed E-state index contributed by atoms with van der Waals surface area (Å²) in [5.74, 6) is 0.455. The molecule has 0 saturated heterocycles. The Kier molecular flexibility index (Phi) is 8.22. The van der Waals surface area contributed by atoms with Crippen molar-refractivity contribution in [1.82, 2.24) is 19.9 Å². The number of hydrogen-bond acceptors (Lipinski definition) is 7. The number of benzene rings is 1. The molecule has 0 amide bonds. The maximum atomic E-state index is 13.2. The average molecular weight is 550 g/mol. The van der Waals surface area contributed by atoms with E-state index in [2.05, 4.69) is 19.7 Å². The van der Waals surface area contributed by atoms with Gasteiger partial charge in [-0.3, -0.25) is 4.72 Å². The van der Waals surface area contributed by atoms with Crippen molar-refractivity contribution in [2.45, 2.75) is 61.7 Å². The van der Waals surface area contributed by atoms with Crippen LogP contribution < -0.4 is 9.46 Å². The summed E-state index contributed by atoms with van der Waals surface area (Å²) in [7, 11) is -0.0889. The second-order valence-electron chi connectivity index (χ2n) is 9.51. The van der Waals surface area contributed by atoms with E-state index in [-0.39, 0.29) is 28.8 Å². The number of ether oxygens (including phenoxy) is 1. The van der Waals surface area contributed by atoms with Gasteiger partial charge in [0.1, 0.15) is 23.1 Å². The zero-order valence-corrected chi connectivity index (χ0v) is 22.1. The van der Waals surface area contributed by atoms with Crippen molar-refractivity contribution in [2.24, 2.45) is 0 Å². The second-order valence-corrected chi connectivity index (χ2v) is 11.2. The van der Waals surface area contributed by atoms with Gasteiger partial charge in [-0.15, -0.1) is 0 Å². The number of alkyl halides is 3. The van der Waals surface area contributed by atoms with Crippen LogP contribution in [0.5, 0.6) is 5.88 Å². The SMILES string of the molecule is CCc1cc(S(=O)(=O)Nc2ccncn2)cnc1O[C@H]1CC[C@H](c2cccc(C(F)(F)F)c2)C[C@@H]1N(C)C. The molecule has 12 heteroatoms. The Labute approximate surface area is 220 Å². The number of nitrogens with zero attached hydrogens (tertiary/aromatic N) is 4. The number of likely N-dealkylation sites (N-methyl/N-ethyl adjacent to an activating group) is 1. The van der Waals surface area contributed by atoms with Crippen molar-refractivity contribution in [3.8, 4) is 5.88 Å². The number of sulfonamides is 1. The average Bonchev–Trinajstić information content (AvgIpc) is 2.89. The fraction of sp³-hybridized carbons (Fsp3) is 0.423. The maximum Gasteiger partial charge on any atom is 0.416 e. The summed E-state index contributed by atoms with van der Waals surface area (Å²) in [6, 6.07) is 8.44. The van der Waals surface area contributed by atoms with E-state index >= 15 is 0 Å². The molecule has 1 aliphatic carbocycles. The van der Waals surface area contributed by atoms with Crippen molar-refractivity contribution in [2.75, 3.05) is 18.8 Å². The second kappa shape index (κ2) is 11.2. The van der Waals surface area contributed by atoms with Gasteiger partial charge < -0.3 is 9.64 Å². The molecule has 4 rings (SSSR count). The van der Waals surface area contributed by atoms with Crippen molar-refractivity contribution in [3.05, 3.63) is 71.8 Å². The predicted octanol–water partition coefficient (Wildman–Crippen LogP) is 4.90. The maximum absolute atomic E-state index is 13.2. The zero-order chi connectivity index (χ0) is 27.5. The van der Waals surface area contributed by atoms with Gasteiger partial charge in [0.25, 0.3) is 10.0 Å². The number of aryl methyl sites for hydroxylation is 1. The van der Waals surface area contributed by atoms with Crippen LogP contribution in [0.15, 0.2) is 60.0 Å². The number of nitrogens with one attached hydrogen (secondary N) is 1. The number of hydrogen-bond donors (Lipinski definition) is 1. The van der Waals surface area contributed by atoms with Gasteiger partial charge in [0.05, 0.1) is 11.8 Å². The number of pyridine rings is 1. The molecule has 8 nitrogen and oxygen atoms in total. The molecule has 1 N–H and O–H groups in total. The first-order chi connectivity index (χ1) is 18.0. The number of halogens is 3. The standard InChI is InChI=1S/C26H30F3N5O3S/c1-4-17-13-21(38(35,36)33-24-10-11-30-16-32-24)15-31-25(17)37-23-9-8-19(14-22(23)34(2)3)18-6-5-7-20(12-18)26(27,28)29/h5-7,10-13,15-16,19,22-23H,4,8-9,14H2,1-3H3,(H,30,32,33)/t19-,22-,23-/m0/s1.